The van der Waals surface area contributed by atoms with Crippen LogP contribution >= 0.6 is 11.8 Å². The number of thioether (sulfide) groups is 1. The summed E-state index contributed by atoms with van der Waals surface area (Å²) in [7, 11) is -3.63. The number of fused-ring (bicyclic) bond motifs is 1. The Morgan fingerprint density at radius 2 is 1.97 bits per heavy atom. The minimum atomic E-state index is -3.63. The van der Waals surface area contributed by atoms with E-state index in [1.165, 1.54) is 28.2 Å². The maximum absolute atomic E-state index is 12.9. The molecule has 32 heavy (non-hydrogen) atoms. The molecule has 2 heterocycles. The van der Waals surface area contributed by atoms with E-state index >= 15 is 0 Å². The van der Waals surface area contributed by atoms with Crippen LogP contribution in [0.3, 0.4) is 0 Å². The molecule has 1 N–H and O–H groups in total. The van der Waals surface area contributed by atoms with Gasteiger partial charge in [0.05, 0.1) is 34.9 Å². The molecule has 4 rings (SSSR count). The Labute approximate surface area is 191 Å². The third-order valence-corrected chi connectivity index (χ3v) is 7.86. The van der Waals surface area contributed by atoms with Crippen molar-refractivity contribution in [3.8, 4) is 0 Å². The Bertz CT molecular complexity index is 1230. The van der Waals surface area contributed by atoms with Crippen molar-refractivity contribution in [2.75, 3.05) is 37.4 Å². The molecule has 1 saturated heterocycles. The van der Waals surface area contributed by atoms with E-state index in [4.69, 9.17) is 4.74 Å². The number of amides is 1. The van der Waals surface area contributed by atoms with E-state index in [1.807, 2.05) is 28.8 Å². The summed E-state index contributed by atoms with van der Waals surface area (Å²) in [5.74, 6) is -0.103. The summed E-state index contributed by atoms with van der Waals surface area (Å²) in [6.07, 6.45) is 1.79. The van der Waals surface area contributed by atoms with Gasteiger partial charge in [0.15, 0.2) is 5.16 Å². The molecule has 3 aromatic rings. The van der Waals surface area contributed by atoms with Crippen LogP contribution in [0.5, 0.6) is 0 Å². The van der Waals surface area contributed by atoms with Crippen molar-refractivity contribution >= 4 is 44.4 Å². The number of aromatic nitrogens is 2. The molecule has 2 aromatic carbocycles. The Morgan fingerprint density at radius 1 is 1.19 bits per heavy atom. The van der Waals surface area contributed by atoms with Crippen molar-refractivity contribution in [2.24, 2.45) is 0 Å². The van der Waals surface area contributed by atoms with Crippen LogP contribution in [0, 0.1) is 0 Å². The number of allylic oxidation sites excluding steroid dienone is 1. The molecular formula is C22H24N4O4S2. The highest BCUT2D eigenvalue weighted by Crippen LogP contribution is 2.25. The first kappa shape index (κ1) is 22.5. The molecule has 1 amide bonds. The molecule has 0 atom stereocenters. The molecular weight excluding hydrogens is 448 g/mol. The summed E-state index contributed by atoms with van der Waals surface area (Å²) in [5.41, 5.74) is 2.28. The van der Waals surface area contributed by atoms with Gasteiger partial charge in [-0.15, -0.1) is 6.58 Å². The van der Waals surface area contributed by atoms with Gasteiger partial charge in [0.2, 0.25) is 15.9 Å². The highest BCUT2D eigenvalue weighted by atomic mass is 32.2. The maximum atomic E-state index is 12.9. The van der Waals surface area contributed by atoms with Crippen LogP contribution in [-0.2, 0) is 26.1 Å². The first-order valence-corrected chi connectivity index (χ1v) is 12.6. The second kappa shape index (κ2) is 9.86. The number of ether oxygens (including phenoxy) is 1. The van der Waals surface area contributed by atoms with Crippen molar-refractivity contribution < 1.29 is 17.9 Å². The lowest BCUT2D eigenvalue weighted by Crippen LogP contribution is -2.40. The average Bonchev–Trinajstić information content (AvgIpc) is 3.16. The Morgan fingerprint density at radius 3 is 2.75 bits per heavy atom. The quantitative estimate of drug-likeness (QED) is 0.400. The van der Waals surface area contributed by atoms with Crippen molar-refractivity contribution in [1.29, 1.82) is 0 Å². The van der Waals surface area contributed by atoms with Crippen LogP contribution in [0.4, 0.5) is 5.69 Å². The molecule has 0 bridgehead atoms. The molecule has 0 aliphatic carbocycles. The number of para-hydroxylation sites is 2. The maximum Gasteiger partial charge on any atom is 0.243 e. The lowest BCUT2D eigenvalue weighted by Gasteiger charge is -2.26. The number of imidazole rings is 1. The summed E-state index contributed by atoms with van der Waals surface area (Å²) in [5, 5.41) is 3.51. The van der Waals surface area contributed by atoms with Gasteiger partial charge >= 0.3 is 0 Å². The number of hydrogen-bond donors (Lipinski definition) is 1. The summed E-state index contributed by atoms with van der Waals surface area (Å²) < 4.78 is 34.4. The molecule has 8 nitrogen and oxygen atoms in total. The number of hydrogen-bond acceptors (Lipinski definition) is 6. The zero-order valence-electron chi connectivity index (χ0n) is 17.4. The molecule has 0 radical (unpaired) electrons. The summed E-state index contributed by atoms with van der Waals surface area (Å²) in [6, 6.07) is 14.1. The lowest BCUT2D eigenvalue weighted by molar-refractivity contribution is -0.113. The van der Waals surface area contributed by atoms with E-state index in [1.54, 1.807) is 18.2 Å². The molecule has 168 valence electrons. The van der Waals surface area contributed by atoms with E-state index in [0.717, 1.165) is 16.2 Å². The normalized spacial score (nSPS) is 15.0. The standard InChI is InChI=1S/C22H24N4O4S2/c1-2-10-26-20-9-4-3-8-19(20)24-22(26)31-16-21(27)23-17-6-5-7-18(15-17)32(28,29)25-11-13-30-14-12-25/h2-9,15H,1,10-14,16H2,(H,23,27). The number of anilines is 1. The molecule has 0 saturated carbocycles. The van der Waals surface area contributed by atoms with Crippen LogP contribution in [-0.4, -0.2) is 60.2 Å². The van der Waals surface area contributed by atoms with Crippen LogP contribution < -0.4 is 5.32 Å². The van der Waals surface area contributed by atoms with Gasteiger partial charge in [0.25, 0.3) is 0 Å². The zero-order chi connectivity index (χ0) is 22.6. The summed E-state index contributed by atoms with van der Waals surface area (Å²) >= 11 is 1.32. The number of carbonyl (C=O) groups excluding carboxylic acids is 1. The third-order valence-electron chi connectivity index (χ3n) is 4.99. The van der Waals surface area contributed by atoms with Gasteiger partial charge in [-0.25, -0.2) is 13.4 Å². The van der Waals surface area contributed by atoms with E-state index in [2.05, 4.69) is 16.9 Å². The van der Waals surface area contributed by atoms with Crippen LogP contribution in [0.25, 0.3) is 11.0 Å². The number of sulfonamides is 1. The molecule has 1 aliphatic heterocycles. The smallest absolute Gasteiger partial charge is 0.243 e. The molecule has 0 unspecified atom stereocenters. The predicted octanol–water partition coefficient (Wildman–Crippen LogP) is 2.97. The Kier molecular flexibility index (Phi) is 6.95. The second-order valence-corrected chi connectivity index (χ2v) is 10.0. The fraction of sp³-hybridized carbons (Fsp3) is 0.273. The third kappa shape index (κ3) is 4.88. The van der Waals surface area contributed by atoms with E-state index < -0.39 is 10.0 Å². The van der Waals surface area contributed by atoms with Gasteiger partial charge < -0.3 is 14.6 Å². The topological polar surface area (TPSA) is 93.5 Å². The van der Waals surface area contributed by atoms with E-state index in [-0.39, 0.29) is 16.6 Å². The first-order chi connectivity index (χ1) is 15.5. The SMILES string of the molecule is C=CCn1c(SCC(=O)Nc2cccc(S(=O)(=O)N3CCOCC3)c2)nc2ccccc21. The van der Waals surface area contributed by atoms with E-state index in [9.17, 15) is 13.2 Å². The monoisotopic (exact) mass is 472 g/mol. The lowest BCUT2D eigenvalue weighted by atomic mass is 10.3. The minimum Gasteiger partial charge on any atom is -0.379 e. The van der Waals surface area contributed by atoms with Crippen molar-refractivity contribution in [3.63, 3.8) is 0 Å². The highest BCUT2D eigenvalue weighted by Gasteiger charge is 2.26. The molecule has 1 aliphatic rings. The van der Waals surface area contributed by atoms with Gasteiger partial charge in [-0.05, 0) is 30.3 Å². The highest BCUT2D eigenvalue weighted by molar-refractivity contribution is 7.99. The molecule has 0 spiro atoms. The van der Waals surface area contributed by atoms with Crippen LogP contribution in [0.15, 0.2) is 71.2 Å². The zero-order valence-corrected chi connectivity index (χ0v) is 19.1. The largest absolute Gasteiger partial charge is 0.379 e. The fourth-order valence-electron chi connectivity index (χ4n) is 3.47. The van der Waals surface area contributed by atoms with Gasteiger partial charge in [-0.1, -0.05) is 36.0 Å². The fourth-order valence-corrected chi connectivity index (χ4v) is 5.74. The van der Waals surface area contributed by atoms with Crippen molar-refractivity contribution in [1.82, 2.24) is 13.9 Å². The average molecular weight is 473 g/mol. The molecule has 1 aromatic heterocycles. The second-order valence-electron chi connectivity index (χ2n) is 7.16. The first-order valence-electron chi connectivity index (χ1n) is 10.2. The number of nitrogens with zero attached hydrogens (tertiary/aromatic N) is 3. The van der Waals surface area contributed by atoms with Crippen LogP contribution in [0.1, 0.15) is 0 Å². The summed E-state index contributed by atoms with van der Waals surface area (Å²) in [6.45, 7) is 5.79. The molecule has 1 fully saturated rings. The predicted molar refractivity (Wildman–Crippen MR) is 125 cm³/mol. The van der Waals surface area contributed by atoms with Gasteiger partial charge in [0, 0.05) is 25.3 Å². The van der Waals surface area contributed by atoms with E-state index in [0.29, 0.717) is 38.5 Å². The van der Waals surface area contributed by atoms with Crippen LogP contribution in [0.2, 0.25) is 0 Å². The number of benzene rings is 2. The Balaban J connectivity index is 1.44. The van der Waals surface area contributed by atoms with Gasteiger partial charge in [-0.2, -0.15) is 4.31 Å². The number of rotatable bonds is 8. The minimum absolute atomic E-state index is 0.140. The number of carbonyl (C=O) groups is 1. The van der Waals surface area contributed by atoms with Crippen molar-refractivity contribution in [2.45, 2.75) is 16.6 Å². The van der Waals surface area contributed by atoms with Crippen molar-refractivity contribution in [3.05, 3.63) is 61.2 Å². The van der Waals surface area contributed by atoms with Gasteiger partial charge in [0.1, 0.15) is 0 Å². The molecule has 10 heteroatoms. The number of morpholine rings is 1. The summed E-state index contributed by atoms with van der Waals surface area (Å²) in [4.78, 5) is 17.3. The van der Waals surface area contributed by atoms with Gasteiger partial charge in [-0.3, -0.25) is 4.79 Å². The Hall–Kier alpha value is -2.66. The number of nitrogens with one attached hydrogen (secondary N) is 1.